The second kappa shape index (κ2) is 5.43. The number of hydrogen-bond acceptors (Lipinski definition) is 6. The highest BCUT2D eigenvalue weighted by atomic mass is 35.5. The van der Waals surface area contributed by atoms with Crippen molar-refractivity contribution in [2.24, 2.45) is 0 Å². The summed E-state index contributed by atoms with van der Waals surface area (Å²) in [4.78, 5) is 4.27. The topological polar surface area (TPSA) is 97.0 Å². The van der Waals surface area contributed by atoms with E-state index in [9.17, 15) is 15.3 Å². The van der Waals surface area contributed by atoms with Gasteiger partial charge in [-0.1, -0.05) is 11.6 Å². The maximum atomic E-state index is 10.2. The van der Waals surface area contributed by atoms with Crippen LogP contribution < -0.4 is 4.74 Å². The maximum absolute atomic E-state index is 10.2. The molecule has 0 amide bonds. The van der Waals surface area contributed by atoms with Crippen molar-refractivity contribution in [2.75, 3.05) is 13.7 Å². The summed E-state index contributed by atoms with van der Waals surface area (Å²) in [6, 6.07) is 5.30. The maximum Gasteiger partial charge on any atom is 0.299 e. The molecule has 0 spiro atoms. The van der Waals surface area contributed by atoms with Crippen molar-refractivity contribution >= 4 is 22.6 Å². The molecule has 0 bridgehead atoms. The Hall–Kier alpha value is -1.38. The molecule has 2 aromatic rings. The van der Waals surface area contributed by atoms with Gasteiger partial charge in [0.05, 0.1) is 24.8 Å². The molecule has 1 aliphatic rings. The van der Waals surface area contributed by atoms with Crippen LogP contribution in [0.4, 0.5) is 0 Å². The molecule has 1 aliphatic heterocycles. The number of hydrogen-bond donors (Lipinski definition) is 3. The Bertz CT molecular complexity index is 661. The van der Waals surface area contributed by atoms with Crippen molar-refractivity contribution in [2.45, 2.75) is 24.5 Å². The standard InChI is InChI=1S/C13H15ClN2O5/c1-20-13-15-7-3-2-6(14)4-8(7)16(13)12-11(19)10(18)9(5-17)21-12/h2-4,9-12,17-19H,5H2,1H3/t9-,10-,11-,12?/m1/s1. The van der Waals surface area contributed by atoms with E-state index >= 15 is 0 Å². The number of benzene rings is 1. The summed E-state index contributed by atoms with van der Waals surface area (Å²) in [5.41, 5.74) is 1.23. The first-order chi connectivity index (χ1) is 10.1. The van der Waals surface area contributed by atoms with Gasteiger partial charge in [-0.05, 0) is 18.2 Å². The molecule has 1 saturated heterocycles. The van der Waals surface area contributed by atoms with Gasteiger partial charge < -0.3 is 24.8 Å². The lowest BCUT2D eigenvalue weighted by Crippen LogP contribution is -2.33. The zero-order valence-corrected chi connectivity index (χ0v) is 11.9. The summed E-state index contributed by atoms with van der Waals surface area (Å²) in [6.07, 6.45) is -4.20. The van der Waals surface area contributed by atoms with Gasteiger partial charge in [-0.3, -0.25) is 4.57 Å². The van der Waals surface area contributed by atoms with Crippen LogP contribution in [-0.4, -0.2) is 56.9 Å². The number of nitrogens with zero attached hydrogens (tertiary/aromatic N) is 2. The fourth-order valence-corrected chi connectivity index (χ4v) is 2.69. The van der Waals surface area contributed by atoms with Crippen LogP contribution in [0.15, 0.2) is 18.2 Å². The molecule has 0 saturated carbocycles. The molecule has 4 atom stereocenters. The average Bonchev–Trinajstić information content (AvgIpc) is 2.97. The lowest BCUT2D eigenvalue weighted by molar-refractivity contribution is -0.0535. The van der Waals surface area contributed by atoms with Crippen molar-refractivity contribution in [1.29, 1.82) is 0 Å². The third-order valence-electron chi connectivity index (χ3n) is 3.57. The normalized spacial score (nSPS) is 29.2. The summed E-state index contributed by atoms with van der Waals surface area (Å²) in [5, 5.41) is 29.7. The van der Waals surface area contributed by atoms with E-state index in [-0.39, 0.29) is 6.01 Å². The number of methoxy groups -OCH3 is 1. The van der Waals surface area contributed by atoms with Gasteiger partial charge in [-0.15, -0.1) is 0 Å². The van der Waals surface area contributed by atoms with Crippen molar-refractivity contribution < 1.29 is 24.8 Å². The Labute approximate surface area is 125 Å². The molecule has 1 aromatic carbocycles. The van der Waals surface area contributed by atoms with Crippen LogP contribution in [0.3, 0.4) is 0 Å². The van der Waals surface area contributed by atoms with Crippen LogP contribution in [0.25, 0.3) is 11.0 Å². The Morgan fingerprint density at radius 3 is 2.76 bits per heavy atom. The molecule has 2 heterocycles. The first-order valence-corrected chi connectivity index (χ1v) is 6.78. The lowest BCUT2D eigenvalue weighted by Gasteiger charge is -2.18. The van der Waals surface area contributed by atoms with Crippen LogP contribution in [0.1, 0.15) is 6.23 Å². The minimum absolute atomic E-state index is 0.224. The number of rotatable bonds is 3. The molecule has 0 aliphatic carbocycles. The highest BCUT2D eigenvalue weighted by Crippen LogP contribution is 2.36. The second-order valence-electron chi connectivity index (χ2n) is 4.83. The van der Waals surface area contributed by atoms with Crippen molar-refractivity contribution in [3.8, 4) is 6.01 Å². The van der Waals surface area contributed by atoms with E-state index in [0.29, 0.717) is 16.1 Å². The SMILES string of the molecule is COc1nc2ccc(Cl)cc2n1C1O[C@H](CO)[C@@H](O)[C@H]1O. The minimum Gasteiger partial charge on any atom is -0.468 e. The number of aliphatic hydroxyl groups is 3. The van der Waals surface area contributed by atoms with Gasteiger partial charge in [-0.25, -0.2) is 0 Å². The van der Waals surface area contributed by atoms with Gasteiger partial charge in [0.1, 0.15) is 18.3 Å². The average molecular weight is 315 g/mol. The molecule has 8 heteroatoms. The fourth-order valence-electron chi connectivity index (χ4n) is 2.53. The van der Waals surface area contributed by atoms with Gasteiger partial charge in [0.25, 0.3) is 6.01 Å². The molecule has 1 unspecified atom stereocenters. The smallest absolute Gasteiger partial charge is 0.299 e. The van der Waals surface area contributed by atoms with Gasteiger partial charge in [0, 0.05) is 5.02 Å². The van der Waals surface area contributed by atoms with E-state index < -0.39 is 31.1 Å². The van der Waals surface area contributed by atoms with E-state index in [4.69, 9.17) is 21.1 Å². The van der Waals surface area contributed by atoms with Crippen LogP contribution in [-0.2, 0) is 4.74 Å². The van der Waals surface area contributed by atoms with Crippen molar-refractivity contribution in [3.63, 3.8) is 0 Å². The quantitative estimate of drug-likeness (QED) is 0.754. The number of halogens is 1. The first kappa shape index (κ1) is 14.6. The molecule has 0 radical (unpaired) electrons. The van der Waals surface area contributed by atoms with E-state index in [1.165, 1.54) is 11.7 Å². The second-order valence-corrected chi connectivity index (χ2v) is 5.27. The predicted molar refractivity (Wildman–Crippen MR) is 74.3 cm³/mol. The minimum atomic E-state index is -1.22. The first-order valence-electron chi connectivity index (χ1n) is 6.40. The molecule has 3 rings (SSSR count). The summed E-state index contributed by atoms with van der Waals surface area (Å²) in [5.74, 6) is 0. The summed E-state index contributed by atoms with van der Waals surface area (Å²) in [7, 11) is 1.45. The number of imidazole rings is 1. The Morgan fingerprint density at radius 2 is 2.14 bits per heavy atom. The van der Waals surface area contributed by atoms with E-state index in [2.05, 4.69) is 4.98 Å². The predicted octanol–water partition coefficient (Wildman–Crippen LogP) is 0.310. The highest BCUT2D eigenvalue weighted by Gasteiger charge is 2.44. The van der Waals surface area contributed by atoms with E-state index in [1.807, 2.05) is 0 Å². The molecular formula is C13H15ClN2O5. The van der Waals surface area contributed by atoms with Gasteiger partial charge in [-0.2, -0.15) is 4.98 Å². The zero-order valence-electron chi connectivity index (χ0n) is 11.2. The van der Waals surface area contributed by atoms with Gasteiger partial charge in [0.2, 0.25) is 0 Å². The largest absolute Gasteiger partial charge is 0.468 e. The number of aromatic nitrogens is 2. The fraction of sp³-hybridized carbons (Fsp3) is 0.462. The third-order valence-corrected chi connectivity index (χ3v) is 3.81. The van der Waals surface area contributed by atoms with Gasteiger partial charge >= 0.3 is 0 Å². The van der Waals surface area contributed by atoms with Gasteiger partial charge in [0.15, 0.2) is 6.23 Å². The number of fused-ring (bicyclic) bond motifs is 1. The molecule has 1 aromatic heterocycles. The van der Waals surface area contributed by atoms with Crippen LogP contribution in [0.5, 0.6) is 6.01 Å². The number of aliphatic hydroxyl groups excluding tert-OH is 3. The molecule has 114 valence electrons. The summed E-state index contributed by atoms with van der Waals surface area (Å²) < 4.78 is 12.2. The van der Waals surface area contributed by atoms with E-state index in [0.717, 1.165) is 0 Å². The Kier molecular flexibility index (Phi) is 3.76. The molecule has 7 nitrogen and oxygen atoms in total. The van der Waals surface area contributed by atoms with Crippen molar-refractivity contribution in [1.82, 2.24) is 9.55 Å². The van der Waals surface area contributed by atoms with Crippen LogP contribution in [0.2, 0.25) is 5.02 Å². The highest BCUT2D eigenvalue weighted by molar-refractivity contribution is 6.31. The number of ether oxygens (including phenoxy) is 2. The van der Waals surface area contributed by atoms with Crippen LogP contribution >= 0.6 is 11.6 Å². The van der Waals surface area contributed by atoms with Crippen molar-refractivity contribution in [3.05, 3.63) is 23.2 Å². The summed E-state index contributed by atoms with van der Waals surface area (Å²) in [6.45, 7) is -0.398. The summed E-state index contributed by atoms with van der Waals surface area (Å²) >= 11 is 6.00. The lowest BCUT2D eigenvalue weighted by atomic mass is 10.1. The Balaban J connectivity index is 2.13. The Morgan fingerprint density at radius 1 is 1.38 bits per heavy atom. The molecular weight excluding hydrogens is 300 g/mol. The molecule has 3 N–H and O–H groups in total. The van der Waals surface area contributed by atoms with E-state index in [1.54, 1.807) is 18.2 Å². The third kappa shape index (κ3) is 2.27. The zero-order chi connectivity index (χ0) is 15.1. The van der Waals surface area contributed by atoms with Crippen LogP contribution in [0, 0.1) is 0 Å². The molecule has 21 heavy (non-hydrogen) atoms. The monoisotopic (exact) mass is 314 g/mol. The molecule has 1 fully saturated rings.